The smallest absolute Gasteiger partial charge is 0.376 e. The average Bonchev–Trinajstić information content (AvgIpc) is 2.51. The molecule has 0 bridgehead atoms. The summed E-state index contributed by atoms with van der Waals surface area (Å²) >= 11 is 0. The van der Waals surface area contributed by atoms with Crippen molar-refractivity contribution in [3.05, 3.63) is 71.3 Å². The Balaban J connectivity index is 1.78. The molecule has 0 atom stereocenters. The van der Waals surface area contributed by atoms with Crippen LogP contribution in [0, 0.1) is 0 Å². The highest BCUT2D eigenvalue weighted by Gasteiger charge is 2.41. The molecule has 1 aliphatic heterocycles. The van der Waals surface area contributed by atoms with Crippen LogP contribution in [0.1, 0.15) is 21.5 Å². The van der Waals surface area contributed by atoms with Crippen LogP contribution in [0.3, 0.4) is 0 Å². The zero-order valence-electron chi connectivity index (χ0n) is 12.1. The first-order valence-corrected chi connectivity index (χ1v) is 7.04. The van der Waals surface area contributed by atoms with Crippen LogP contribution in [-0.2, 0) is 16.5 Å². The van der Waals surface area contributed by atoms with Crippen molar-refractivity contribution in [1.82, 2.24) is 5.32 Å². The Morgan fingerprint density at radius 3 is 2.09 bits per heavy atom. The number of hydrogen-bond acceptors (Lipinski definition) is 2. The number of carbonyl (C=O) groups is 1. The van der Waals surface area contributed by atoms with Gasteiger partial charge in [-0.25, -0.2) is 0 Å². The second-order valence-electron chi connectivity index (χ2n) is 5.47. The second kappa shape index (κ2) is 5.70. The van der Waals surface area contributed by atoms with Gasteiger partial charge in [0.1, 0.15) is 5.54 Å². The van der Waals surface area contributed by atoms with Crippen LogP contribution >= 0.6 is 0 Å². The molecule has 1 fully saturated rings. The molecule has 0 radical (unpaired) electrons. The summed E-state index contributed by atoms with van der Waals surface area (Å²) in [5, 5.41) is 2.88. The SMILES string of the molecule is O=C(NC1(c2ccccc2)COC1)c1ccc(C(F)(F)F)cc1. The van der Waals surface area contributed by atoms with Gasteiger partial charge in [0.15, 0.2) is 0 Å². The van der Waals surface area contributed by atoms with E-state index in [9.17, 15) is 18.0 Å². The van der Waals surface area contributed by atoms with Gasteiger partial charge in [-0.15, -0.1) is 0 Å². The van der Waals surface area contributed by atoms with Gasteiger partial charge in [-0.3, -0.25) is 4.79 Å². The predicted molar refractivity (Wildman–Crippen MR) is 77.8 cm³/mol. The van der Waals surface area contributed by atoms with Gasteiger partial charge in [0.2, 0.25) is 0 Å². The first-order chi connectivity index (χ1) is 10.9. The van der Waals surface area contributed by atoms with E-state index in [-0.39, 0.29) is 5.56 Å². The number of rotatable bonds is 3. The quantitative estimate of drug-likeness (QED) is 0.941. The Hall–Kier alpha value is -2.34. The maximum atomic E-state index is 12.6. The molecular formula is C17H14F3NO2. The summed E-state index contributed by atoms with van der Waals surface area (Å²) in [5.41, 5.74) is -0.313. The van der Waals surface area contributed by atoms with Gasteiger partial charge in [-0.05, 0) is 29.8 Å². The molecule has 2 aromatic rings. The summed E-state index contributed by atoms with van der Waals surface area (Å²) in [5.74, 6) is -0.425. The molecule has 0 saturated carbocycles. The minimum Gasteiger partial charge on any atom is -0.376 e. The number of ether oxygens (including phenoxy) is 1. The van der Waals surface area contributed by atoms with Crippen LogP contribution in [0.15, 0.2) is 54.6 Å². The molecule has 1 saturated heterocycles. The van der Waals surface area contributed by atoms with E-state index < -0.39 is 23.2 Å². The molecule has 0 spiro atoms. The highest BCUT2D eigenvalue weighted by molar-refractivity contribution is 5.95. The minimum absolute atomic E-state index is 0.181. The lowest BCUT2D eigenvalue weighted by Crippen LogP contribution is -2.59. The summed E-state index contributed by atoms with van der Waals surface area (Å²) in [6.07, 6.45) is -4.41. The summed E-state index contributed by atoms with van der Waals surface area (Å²) in [6, 6.07) is 13.5. The molecule has 0 aromatic heterocycles. The van der Waals surface area contributed by atoms with E-state index in [0.717, 1.165) is 17.7 Å². The minimum atomic E-state index is -4.41. The molecule has 1 amide bonds. The second-order valence-corrected chi connectivity index (χ2v) is 5.47. The normalized spacial score (nSPS) is 16.5. The van der Waals surface area contributed by atoms with Crippen LogP contribution in [0.4, 0.5) is 13.2 Å². The first-order valence-electron chi connectivity index (χ1n) is 7.04. The first kappa shape index (κ1) is 15.6. The standard InChI is InChI=1S/C17H14F3NO2/c18-17(19,20)14-8-6-12(7-9-14)15(22)21-16(10-23-11-16)13-4-2-1-3-5-13/h1-9H,10-11H2,(H,21,22). The van der Waals surface area contributed by atoms with Crippen LogP contribution in [-0.4, -0.2) is 19.1 Å². The Kier molecular flexibility index (Phi) is 3.85. The van der Waals surface area contributed by atoms with E-state index in [1.165, 1.54) is 12.1 Å². The lowest BCUT2D eigenvalue weighted by Gasteiger charge is -2.42. The number of hydrogen-bond donors (Lipinski definition) is 1. The lowest BCUT2D eigenvalue weighted by molar-refractivity contribution is -0.137. The van der Waals surface area contributed by atoms with E-state index in [4.69, 9.17) is 4.74 Å². The van der Waals surface area contributed by atoms with Crippen molar-refractivity contribution in [2.75, 3.05) is 13.2 Å². The molecule has 0 unspecified atom stereocenters. The molecule has 1 aliphatic rings. The van der Waals surface area contributed by atoms with Crippen molar-refractivity contribution in [2.45, 2.75) is 11.7 Å². The molecule has 3 rings (SSSR count). The van der Waals surface area contributed by atoms with Crippen molar-refractivity contribution in [3.63, 3.8) is 0 Å². The third-order valence-corrected chi connectivity index (χ3v) is 3.85. The highest BCUT2D eigenvalue weighted by Crippen LogP contribution is 2.31. The van der Waals surface area contributed by atoms with Gasteiger partial charge in [0.25, 0.3) is 5.91 Å². The van der Waals surface area contributed by atoms with Gasteiger partial charge >= 0.3 is 6.18 Å². The fourth-order valence-electron chi connectivity index (χ4n) is 2.47. The van der Waals surface area contributed by atoms with Crippen molar-refractivity contribution in [3.8, 4) is 0 Å². The largest absolute Gasteiger partial charge is 0.416 e. The number of alkyl halides is 3. The van der Waals surface area contributed by atoms with Gasteiger partial charge < -0.3 is 10.1 Å². The van der Waals surface area contributed by atoms with Crippen LogP contribution in [0.25, 0.3) is 0 Å². The van der Waals surface area contributed by atoms with E-state index in [1.54, 1.807) is 0 Å². The molecular weight excluding hydrogens is 307 g/mol. The lowest BCUT2D eigenvalue weighted by atomic mass is 9.87. The van der Waals surface area contributed by atoms with E-state index in [2.05, 4.69) is 5.32 Å². The zero-order chi connectivity index (χ0) is 16.5. The number of halogens is 3. The molecule has 0 aliphatic carbocycles. The maximum Gasteiger partial charge on any atom is 0.416 e. The van der Waals surface area contributed by atoms with E-state index >= 15 is 0 Å². The molecule has 120 valence electrons. The van der Waals surface area contributed by atoms with E-state index in [1.807, 2.05) is 30.3 Å². The number of benzene rings is 2. The maximum absolute atomic E-state index is 12.6. The molecule has 3 nitrogen and oxygen atoms in total. The van der Waals surface area contributed by atoms with Crippen LogP contribution in [0.2, 0.25) is 0 Å². The topological polar surface area (TPSA) is 38.3 Å². The summed E-state index contributed by atoms with van der Waals surface area (Å²) < 4.78 is 42.9. The number of amides is 1. The molecule has 1 N–H and O–H groups in total. The average molecular weight is 321 g/mol. The predicted octanol–water partition coefficient (Wildman–Crippen LogP) is 3.36. The molecule has 2 aromatic carbocycles. The van der Waals surface area contributed by atoms with Crippen LogP contribution < -0.4 is 5.32 Å². The Labute approximate surface area is 131 Å². The fraction of sp³-hybridized carbons (Fsp3) is 0.235. The fourth-order valence-corrected chi connectivity index (χ4v) is 2.47. The van der Waals surface area contributed by atoms with E-state index in [0.29, 0.717) is 13.2 Å². The molecule has 1 heterocycles. The van der Waals surface area contributed by atoms with Gasteiger partial charge in [0.05, 0.1) is 18.8 Å². The zero-order valence-corrected chi connectivity index (χ0v) is 12.1. The van der Waals surface area contributed by atoms with Crippen molar-refractivity contribution >= 4 is 5.91 Å². The van der Waals surface area contributed by atoms with Crippen molar-refractivity contribution in [2.24, 2.45) is 0 Å². The van der Waals surface area contributed by atoms with Crippen LogP contribution in [0.5, 0.6) is 0 Å². The number of carbonyl (C=O) groups excluding carboxylic acids is 1. The summed E-state index contributed by atoms with van der Waals surface area (Å²) in [7, 11) is 0. The highest BCUT2D eigenvalue weighted by atomic mass is 19.4. The van der Waals surface area contributed by atoms with Gasteiger partial charge in [0, 0.05) is 5.56 Å². The third-order valence-electron chi connectivity index (χ3n) is 3.85. The van der Waals surface area contributed by atoms with Gasteiger partial charge in [-0.1, -0.05) is 30.3 Å². The number of nitrogens with one attached hydrogen (secondary N) is 1. The Morgan fingerprint density at radius 1 is 1.00 bits per heavy atom. The van der Waals surface area contributed by atoms with Crippen molar-refractivity contribution in [1.29, 1.82) is 0 Å². The van der Waals surface area contributed by atoms with Crippen molar-refractivity contribution < 1.29 is 22.7 Å². The Morgan fingerprint density at radius 2 is 1.61 bits per heavy atom. The molecule has 23 heavy (non-hydrogen) atoms. The molecule has 6 heteroatoms. The van der Waals surface area contributed by atoms with Gasteiger partial charge in [-0.2, -0.15) is 13.2 Å². The third kappa shape index (κ3) is 3.07. The summed E-state index contributed by atoms with van der Waals surface area (Å²) in [4.78, 5) is 12.3. The monoisotopic (exact) mass is 321 g/mol. The summed E-state index contributed by atoms with van der Waals surface area (Å²) in [6.45, 7) is 0.673. The Bertz CT molecular complexity index is 692.